The molecule has 4 rings (SSSR count). The van der Waals surface area contributed by atoms with Crippen LogP contribution in [-0.2, 0) is 4.79 Å². The first-order valence-corrected chi connectivity index (χ1v) is 9.97. The van der Waals surface area contributed by atoms with Crippen LogP contribution in [0.5, 0.6) is 0 Å². The number of ketones is 1. The molecule has 25 heavy (non-hydrogen) atoms. The van der Waals surface area contributed by atoms with Crippen molar-refractivity contribution in [2.24, 2.45) is 29.1 Å². The summed E-state index contributed by atoms with van der Waals surface area (Å²) in [6.45, 7) is 2.15. The van der Waals surface area contributed by atoms with E-state index in [9.17, 15) is 15.2 Å². The van der Waals surface area contributed by atoms with Crippen molar-refractivity contribution in [1.82, 2.24) is 0 Å². The molecule has 0 aromatic carbocycles. The highest BCUT2D eigenvalue weighted by Gasteiger charge is 2.61. The Morgan fingerprint density at radius 3 is 2.88 bits per heavy atom. The fraction of sp³-hybridized carbons (Fsp3) is 0.714. The van der Waals surface area contributed by atoms with Gasteiger partial charge < -0.3 is 5.11 Å². The molecular formula is C21H26ClNO2. The summed E-state index contributed by atoms with van der Waals surface area (Å²) in [4.78, 5) is 11.8. The van der Waals surface area contributed by atoms with Crippen molar-refractivity contribution in [3.05, 3.63) is 22.8 Å². The normalized spacial score (nSPS) is 46.1. The van der Waals surface area contributed by atoms with E-state index in [-0.39, 0.29) is 11.8 Å². The van der Waals surface area contributed by atoms with Gasteiger partial charge in [-0.3, -0.25) is 4.79 Å². The highest BCUT2D eigenvalue weighted by Crippen LogP contribution is 2.64. The van der Waals surface area contributed by atoms with E-state index in [4.69, 9.17) is 11.6 Å². The maximum atomic E-state index is 11.8. The van der Waals surface area contributed by atoms with E-state index in [1.807, 2.05) is 12.2 Å². The molecule has 0 aliphatic heterocycles. The first-order chi connectivity index (χ1) is 11.9. The Labute approximate surface area is 154 Å². The van der Waals surface area contributed by atoms with Gasteiger partial charge in [0.1, 0.15) is 5.60 Å². The zero-order valence-corrected chi connectivity index (χ0v) is 15.6. The number of allylic oxidation sites excluding steroid dienone is 3. The SMILES string of the molecule is C[C@]12CC[C@H]3[C@@H](CCC4=CC(=O)CC[C@@H]43)[C@@H]1CC=C(Cl)C2(O)CC#N. The van der Waals surface area contributed by atoms with Gasteiger partial charge in [0.25, 0.3) is 0 Å². The predicted octanol–water partition coefficient (Wildman–Crippen LogP) is 4.51. The Morgan fingerprint density at radius 1 is 1.32 bits per heavy atom. The molecule has 3 nitrogen and oxygen atoms in total. The smallest absolute Gasteiger partial charge is 0.155 e. The van der Waals surface area contributed by atoms with Crippen molar-refractivity contribution in [3.63, 3.8) is 0 Å². The minimum atomic E-state index is -1.21. The molecule has 0 amide bonds. The molecule has 0 saturated heterocycles. The van der Waals surface area contributed by atoms with Gasteiger partial charge in [0.2, 0.25) is 0 Å². The number of nitrogens with zero attached hydrogens (tertiary/aromatic N) is 1. The second-order valence-electron chi connectivity index (χ2n) is 8.74. The molecule has 0 bridgehead atoms. The minimum Gasteiger partial charge on any atom is -0.383 e. The molecule has 2 saturated carbocycles. The van der Waals surface area contributed by atoms with Crippen LogP contribution in [0.1, 0.15) is 58.3 Å². The minimum absolute atomic E-state index is 0.0653. The summed E-state index contributed by atoms with van der Waals surface area (Å²) < 4.78 is 0. The van der Waals surface area contributed by atoms with Gasteiger partial charge in [0, 0.05) is 16.9 Å². The van der Waals surface area contributed by atoms with Gasteiger partial charge in [-0.2, -0.15) is 5.26 Å². The molecule has 134 valence electrons. The number of hydrogen-bond acceptors (Lipinski definition) is 3. The van der Waals surface area contributed by atoms with Gasteiger partial charge in [-0.25, -0.2) is 0 Å². The van der Waals surface area contributed by atoms with Crippen molar-refractivity contribution in [1.29, 1.82) is 5.26 Å². The van der Waals surface area contributed by atoms with Gasteiger partial charge in [0.05, 0.1) is 12.5 Å². The number of aliphatic hydroxyl groups is 1. The molecule has 4 heteroatoms. The van der Waals surface area contributed by atoms with E-state index >= 15 is 0 Å². The summed E-state index contributed by atoms with van der Waals surface area (Å²) in [5.74, 6) is 2.38. The van der Waals surface area contributed by atoms with E-state index < -0.39 is 5.60 Å². The number of halogens is 1. The lowest BCUT2D eigenvalue weighted by molar-refractivity contribution is -0.139. The second-order valence-corrected chi connectivity index (χ2v) is 9.15. The summed E-state index contributed by atoms with van der Waals surface area (Å²) in [6, 6.07) is 2.17. The van der Waals surface area contributed by atoms with Crippen LogP contribution in [-0.4, -0.2) is 16.5 Å². The second kappa shape index (κ2) is 5.96. The van der Waals surface area contributed by atoms with Crippen LogP contribution < -0.4 is 0 Å². The van der Waals surface area contributed by atoms with Gasteiger partial charge in [0.15, 0.2) is 5.78 Å². The summed E-state index contributed by atoms with van der Waals surface area (Å²) in [7, 11) is 0. The maximum Gasteiger partial charge on any atom is 0.155 e. The number of carbonyl (C=O) groups is 1. The third-order valence-electron chi connectivity index (χ3n) is 7.92. The molecule has 2 fully saturated rings. The zero-order valence-electron chi connectivity index (χ0n) is 14.8. The molecule has 0 radical (unpaired) electrons. The van der Waals surface area contributed by atoms with E-state index in [0.29, 0.717) is 40.9 Å². The fourth-order valence-electron chi connectivity index (χ4n) is 6.52. The zero-order chi connectivity index (χ0) is 17.8. The van der Waals surface area contributed by atoms with Crippen molar-refractivity contribution in [2.75, 3.05) is 0 Å². The number of fused-ring (bicyclic) bond motifs is 5. The molecule has 0 aromatic heterocycles. The van der Waals surface area contributed by atoms with E-state index in [1.54, 1.807) is 0 Å². The highest BCUT2D eigenvalue weighted by atomic mass is 35.5. The Morgan fingerprint density at radius 2 is 2.12 bits per heavy atom. The van der Waals surface area contributed by atoms with Crippen molar-refractivity contribution < 1.29 is 9.90 Å². The van der Waals surface area contributed by atoms with Crippen LogP contribution in [0, 0.1) is 40.4 Å². The average Bonchev–Trinajstić information content (AvgIpc) is 2.59. The monoisotopic (exact) mass is 359 g/mol. The third-order valence-corrected chi connectivity index (χ3v) is 8.38. The standard InChI is InChI=1S/C21H26ClNO2/c1-20-9-8-16-15-5-3-14(24)12-13(15)2-4-17(16)18(20)6-7-19(22)21(20,25)10-11-23/h7,12,15-18,25H,2-6,8-10H2,1H3/t15-,16+,17+,18-,20-,21?/m0/s1. The maximum absolute atomic E-state index is 11.8. The molecular weight excluding hydrogens is 334 g/mol. The highest BCUT2D eigenvalue weighted by molar-refractivity contribution is 6.30. The number of rotatable bonds is 1. The number of hydrogen-bond donors (Lipinski definition) is 1. The summed E-state index contributed by atoms with van der Waals surface area (Å²) >= 11 is 6.43. The Hall–Kier alpha value is -1.11. The quantitative estimate of drug-likeness (QED) is 0.749. The molecule has 6 atom stereocenters. The average molecular weight is 360 g/mol. The Bertz CT molecular complexity index is 705. The van der Waals surface area contributed by atoms with Gasteiger partial charge >= 0.3 is 0 Å². The lowest BCUT2D eigenvalue weighted by atomic mass is 9.46. The summed E-state index contributed by atoms with van der Waals surface area (Å²) in [5, 5.41) is 21.1. The van der Waals surface area contributed by atoms with Crippen LogP contribution in [0.2, 0.25) is 0 Å². The third kappa shape index (κ3) is 2.37. The van der Waals surface area contributed by atoms with Crippen LogP contribution in [0.3, 0.4) is 0 Å². The first-order valence-electron chi connectivity index (χ1n) is 9.59. The van der Waals surface area contributed by atoms with E-state index in [2.05, 4.69) is 13.0 Å². The summed E-state index contributed by atoms with van der Waals surface area (Å²) in [5.41, 5.74) is -0.171. The van der Waals surface area contributed by atoms with E-state index in [0.717, 1.165) is 38.5 Å². The lowest BCUT2D eigenvalue weighted by Crippen LogP contribution is -2.59. The van der Waals surface area contributed by atoms with Crippen LogP contribution >= 0.6 is 11.6 Å². The van der Waals surface area contributed by atoms with Gasteiger partial charge in [-0.1, -0.05) is 30.2 Å². The van der Waals surface area contributed by atoms with Crippen LogP contribution in [0.4, 0.5) is 0 Å². The predicted molar refractivity (Wildman–Crippen MR) is 96.6 cm³/mol. The molecule has 0 aromatic rings. The van der Waals surface area contributed by atoms with E-state index in [1.165, 1.54) is 5.57 Å². The van der Waals surface area contributed by atoms with Crippen molar-refractivity contribution >= 4 is 17.4 Å². The number of nitriles is 1. The summed E-state index contributed by atoms with van der Waals surface area (Å²) in [6.07, 6.45) is 10.6. The lowest BCUT2D eigenvalue weighted by Gasteiger charge is -2.60. The van der Waals surface area contributed by atoms with Gasteiger partial charge in [-0.15, -0.1) is 0 Å². The molecule has 1 N–H and O–H groups in total. The molecule has 0 heterocycles. The molecule has 4 aliphatic carbocycles. The molecule has 0 spiro atoms. The number of carbonyl (C=O) groups excluding carboxylic acids is 1. The fourth-order valence-corrected chi connectivity index (χ4v) is 6.89. The van der Waals surface area contributed by atoms with Crippen LogP contribution in [0.15, 0.2) is 22.8 Å². The molecule has 1 unspecified atom stereocenters. The largest absolute Gasteiger partial charge is 0.383 e. The first kappa shape index (κ1) is 17.3. The van der Waals surface area contributed by atoms with Gasteiger partial charge in [-0.05, 0) is 68.3 Å². The Balaban J connectivity index is 1.69. The molecule has 4 aliphatic rings. The van der Waals surface area contributed by atoms with Crippen molar-refractivity contribution in [2.45, 2.75) is 63.9 Å². The van der Waals surface area contributed by atoms with Crippen LogP contribution in [0.25, 0.3) is 0 Å². The Kier molecular flexibility index (Phi) is 4.13. The van der Waals surface area contributed by atoms with Crippen molar-refractivity contribution in [3.8, 4) is 6.07 Å². The topological polar surface area (TPSA) is 61.1 Å².